The topological polar surface area (TPSA) is 0 Å². The predicted molar refractivity (Wildman–Crippen MR) is 83.0 cm³/mol. The highest BCUT2D eigenvalue weighted by atomic mass is 14.2. The van der Waals surface area contributed by atoms with Crippen LogP contribution in [0.5, 0.6) is 0 Å². The number of allylic oxidation sites excluding steroid dienone is 6. The lowest BCUT2D eigenvalue weighted by molar-refractivity contribution is 0.563. The number of hydrogen-bond acceptors (Lipinski definition) is 0. The molecule has 0 nitrogen and oxygen atoms in total. The Hall–Kier alpha value is -1.56. The molecule has 98 valence electrons. The van der Waals surface area contributed by atoms with Crippen LogP contribution < -0.4 is 0 Å². The Morgan fingerprint density at radius 1 is 1.16 bits per heavy atom. The zero-order valence-corrected chi connectivity index (χ0v) is 11.7. The first-order valence-corrected chi connectivity index (χ1v) is 7.52. The smallest absolute Gasteiger partial charge is 0.00854 e. The third-order valence-corrected chi connectivity index (χ3v) is 4.46. The van der Waals surface area contributed by atoms with Crippen molar-refractivity contribution < 1.29 is 0 Å². The SMILES string of the molecule is CCC(CCC1=CCc2ccccc21)C1=CCC=C1. The molecular weight excluding hydrogens is 228 g/mol. The molecule has 3 rings (SSSR count). The van der Waals surface area contributed by atoms with Crippen LogP contribution >= 0.6 is 0 Å². The summed E-state index contributed by atoms with van der Waals surface area (Å²) < 4.78 is 0. The molecule has 0 saturated carbocycles. The minimum Gasteiger partial charge on any atom is -0.0805 e. The van der Waals surface area contributed by atoms with E-state index in [0.29, 0.717) is 0 Å². The van der Waals surface area contributed by atoms with Gasteiger partial charge in [-0.3, -0.25) is 0 Å². The number of rotatable bonds is 5. The minimum atomic E-state index is 0.743. The molecule has 0 heteroatoms. The van der Waals surface area contributed by atoms with Crippen LogP contribution in [0.1, 0.15) is 43.7 Å². The average Bonchev–Trinajstić information content (AvgIpc) is 3.09. The minimum absolute atomic E-state index is 0.743. The molecule has 0 spiro atoms. The molecule has 0 amide bonds. The van der Waals surface area contributed by atoms with Gasteiger partial charge in [0.2, 0.25) is 0 Å². The van der Waals surface area contributed by atoms with Gasteiger partial charge in [-0.1, -0.05) is 55.5 Å². The van der Waals surface area contributed by atoms with Crippen molar-refractivity contribution in [3.05, 3.63) is 65.3 Å². The summed E-state index contributed by atoms with van der Waals surface area (Å²) >= 11 is 0. The van der Waals surface area contributed by atoms with Crippen molar-refractivity contribution in [1.82, 2.24) is 0 Å². The van der Waals surface area contributed by atoms with Gasteiger partial charge in [0.25, 0.3) is 0 Å². The maximum Gasteiger partial charge on any atom is -0.00854 e. The number of fused-ring (bicyclic) bond motifs is 1. The van der Waals surface area contributed by atoms with Crippen LogP contribution in [-0.4, -0.2) is 0 Å². The maximum absolute atomic E-state index is 2.43. The first kappa shape index (κ1) is 12.5. The first-order valence-electron chi connectivity index (χ1n) is 7.52. The van der Waals surface area contributed by atoms with E-state index in [9.17, 15) is 0 Å². The molecule has 1 atom stereocenters. The largest absolute Gasteiger partial charge is 0.0805 e. The van der Waals surface area contributed by atoms with Gasteiger partial charge < -0.3 is 0 Å². The van der Waals surface area contributed by atoms with Crippen LogP contribution in [0.3, 0.4) is 0 Å². The highest BCUT2D eigenvalue weighted by molar-refractivity contribution is 5.72. The van der Waals surface area contributed by atoms with Crippen LogP contribution in [0.4, 0.5) is 0 Å². The third-order valence-electron chi connectivity index (χ3n) is 4.46. The quantitative estimate of drug-likeness (QED) is 0.663. The number of hydrogen-bond donors (Lipinski definition) is 0. The van der Waals surface area contributed by atoms with E-state index in [4.69, 9.17) is 0 Å². The van der Waals surface area contributed by atoms with E-state index in [2.05, 4.69) is 55.5 Å². The Bertz CT molecular complexity index is 543. The second kappa shape index (κ2) is 5.61. The fourth-order valence-electron chi connectivity index (χ4n) is 3.31. The molecule has 1 aromatic carbocycles. The standard InChI is InChI=1S/C19H22/c1-2-15(16-7-3-4-8-16)11-12-18-14-13-17-9-5-6-10-19(17)18/h3,5-10,14-15H,2,4,11-13H2,1H3. The molecule has 1 unspecified atom stereocenters. The predicted octanol–water partition coefficient (Wildman–Crippen LogP) is 5.32. The van der Waals surface area contributed by atoms with Gasteiger partial charge in [0, 0.05) is 0 Å². The zero-order valence-electron chi connectivity index (χ0n) is 11.7. The molecule has 19 heavy (non-hydrogen) atoms. The molecule has 0 saturated heterocycles. The molecule has 0 radical (unpaired) electrons. The van der Waals surface area contributed by atoms with Crippen LogP contribution in [0.15, 0.2) is 54.1 Å². The van der Waals surface area contributed by atoms with Gasteiger partial charge >= 0.3 is 0 Å². The lowest BCUT2D eigenvalue weighted by Gasteiger charge is -2.16. The Morgan fingerprint density at radius 2 is 2.05 bits per heavy atom. The van der Waals surface area contributed by atoms with Crippen molar-refractivity contribution in [2.75, 3.05) is 0 Å². The zero-order chi connectivity index (χ0) is 13.1. The fraction of sp³-hybridized carbons (Fsp3) is 0.368. The molecule has 0 fully saturated rings. The summed E-state index contributed by atoms with van der Waals surface area (Å²) in [5.41, 5.74) is 6.13. The second-order valence-electron chi connectivity index (χ2n) is 5.58. The summed E-state index contributed by atoms with van der Waals surface area (Å²) in [7, 11) is 0. The summed E-state index contributed by atoms with van der Waals surface area (Å²) in [6.07, 6.45) is 15.5. The number of benzene rings is 1. The van der Waals surface area contributed by atoms with Crippen molar-refractivity contribution in [2.45, 2.75) is 39.0 Å². The third kappa shape index (κ3) is 2.58. The average molecular weight is 250 g/mol. The van der Waals surface area contributed by atoms with Crippen LogP contribution in [0.25, 0.3) is 5.57 Å². The van der Waals surface area contributed by atoms with Crippen molar-refractivity contribution in [2.24, 2.45) is 5.92 Å². The Morgan fingerprint density at radius 3 is 2.84 bits per heavy atom. The summed E-state index contributed by atoms with van der Waals surface area (Å²) in [6.45, 7) is 2.31. The van der Waals surface area contributed by atoms with Crippen LogP contribution in [0, 0.1) is 5.92 Å². The summed E-state index contributed by atoms with van der Waals surface area (Å²) in [5, 5.41) is 0. The van der Waals surface area contributed by atoms with Crippen molar-refractivity contribution in [3.63, 3.8) is 0 Å². The maximum atomic E-state index is 2.43. The van der Waals surface area contributed by atoms with Gasteiger partial charge in [-0.05, 0) is 60.3 Å². The van der Waals surface area contributed by atoms with E-state index in [0.717, 1.165) is 18.8 Å². The van der Waals surface area contributed by atoms with Gasteiger partial charge in [-0.25, -0.2) is 0 Å². The van der Waals surface area contributed by atoms with E-state index < -0.39 is 0 Å². The van der Waals surface area contributed by atoms with Crippen LogP contribution in [0.2, 0.25) is 0 Å². The lowest BCUT2D eigenvalue weighted by Crippen LogP contribution is -2.01. The van der Waals surface area contributed by atoms with E-state index >= 15 is 0 Å². The molecule has 0 N–H and O–H groups in total. The molecule has 0 heterocycles. The molecule has 0 aliphatic heterocycles. The van der Waals surface area contributed by atoms with E-state index in [1.165, 1.54) is 30.4 Å². The Labute approximate surface area is 116 Å². The van der Waals surface area contributed by atoms with Gasteiger partial charge in [0.15, 0.2) is 0 Å². The van der Waals surface area contributed by atoms with Crippen LogP contribution in [-0.2, 0) is 6.42 Å². The van der Waals surface area contributed by atoms with E-state index in [1.807, 2.05) is 0 Å². The first-order chi connectivity index (χ1) is 9.38. The normalized spacial score (nSPS) is 18.2. The van der Waals surface area contributed by atoms with E-state index in [-0.39, 0.29) is 0 Å². The fourth-order valence-corrected chi connectivity index (χ4v) is 3.31. The Kier molecular flexibility index (Phi) is 3.68. The molecule has 1 aromatic rings. The van der Waals surface area contributed by atoms with Gasteiger partial charge in [0.05, 0.1) is 0 Å². The second-order valence-corrected chi connectivity index (χ2v) is 5.58. The Balaban J connectivity index is 1.65. The van der Waals surface area contributed by atoms with Crippen molar-refractivity contribution in [3.8, 4) is 0 Å². The van der Waals surface area contributed by atoms with Gasteiger partial charge in [-0.15, -0.1) is 0 Å². The molecule has 2 aliphatic rings. The van der Waals surface area contributed by atoms with Gasteiger partial charge in [0.1, 0.15) is 0 Å². The molecule has 2 aliphatic carbocycles. The highest BCUT2D eigenvalue weighted by Gasteiger charge is 2.16. The van der Waals surface area contributed by atoms with Crippen molar-refractivity contribution >= 4 is 5.57 Å². The highest BCUT2D eigenvalue weighted by Crippen LogP contribution is 2.34. The van der Waals surface area contributed by atoms with Crippen molar-refractivity contribution in [1.29, 1.82) is 0 Å². The monoisotopic (exact) mass is 250 g/mol. The summed E-state index contributed by atoms with van der Waals surface area (Å²) in [5.74, 6) is 0.743. The molecular formula is C19H22. The van der Waals surface area contributed by atoms with E-state index in [1.54, 1.807) is 11.1 Å². The lowest BCUT2D eigenvalue weighted by atomic mass is 9.89. The summed E-state index contributed by atoms with van der Waals surface area (Å²) in [6, 6.07) is 8.86. The molecule has 0 aromatic heterocycles. The van der Waals surface area contributed by atoms with Gasteiger partial charge in [-0.2, -0.15) is 0 Å². The summed E-state index contributed by atoms with van der Waals surface area (Å²) in [4.78, 5) is 0. The molecule has 0 bridgehead atoms.